The maximum absolute atomic E-state index is 11.5. The molecule has 3 aromatic rings. The van der Waals surface area contributed by atoms with Crippen LogP contribution in [-0.2, 0) is 18.4 Å². The van der Waals surface area contributed by atoms with Crippen molar-refractivity contribution in [3.63, 3.8) is 0 Å². The van der Waals surface area contributed by atoms with E-state index in [4.69, 9.17) is 4.42 Å². The monoisotopic (exact) mass is 311 g/mol. The fraction of sp³-hybridized carbons (Fsp3) is 0.235. The normalized spacial score (nSPS) is 11.3. The zero-order valence-electron chi connectivity index (χ0n) is 13.0. The largest absolute Gasteiger partial charge is 0.419 e. The summed E-state index contributed by atoms with van der Waals surface area (Å²) in [6.07, 6.45) is 2.68. The number of aldehydes is 1. The Bertz CT molecular complexity index is 894. The molecule has 118 valence electrons. The van der Waals surface area contributed by atoms with E-state index in [-0.39, 0.29) is 5.76 Å². The van der Waals surface area contributed by atoms with Crippen molar-refractivity contribution in [1.29, 1.82) is 0 Å². The van der Waals surface area contributed by atoms with Gasteiger partial charge < -0.3 is 9.21 Å². The van der Waals surface area contributed by atoms with E-state index in [1.807, 2.05) is 36.2 Å². The molecule has 0 spiro atoms. The Hall–Kier alpha value is -2.73. The number of benzene rings is 1. The first-order valence-corrected chi connectivity index (χ1v) is 7.25. The van der Waals surface area contributed by atoms with Crippen LogP contribution in [-0.4, -0.2) is 34.3 Å². The fourth-order valence-electron chi connectivity index (χ4n) is 2.48. The first kappa shape index (κ1) is 15.2. The van der Waals surface area contributed by atoms with Crippen LogP contribution >= 0.6 is 0 Å². The van der Waals surface area contributed by atoms with Crippen molar-refractivity contribution in [3.8, 4) is 11.3 Å². The molecule has 0 amide bonds. The lowest BCUT2D eigenvalue weighted by Crippen LogP contribution is -2.19. The zero-order valence-corrected chi connectivity index (χ0v) is 13.0. The van der Waals surface area contributed by atoms with Crippen molar-refractivity contribution in [2.24, 2.45) is 7.05 Å². The van der Waals surface area contributed by atoms with Gasteiger partial charge in [-0.1, -0.05) is 6.07 Å². The van der Waals surface area contributed by atoms with Crippen LogP contribution in [0.3, 0.4) is 0 Å². The van der Waals surface area contributed by atoms with E-state index < -0.39 is 0 Å². The lowest BCUT2D eigenvalue weighted by molar-refractivity contribution is -0.108. The van der Waals surface area contributed by atoms with Crippen molar-refractivity contribution in [2.45, 2.75) is 6.54 Å². The van der Waals surface area contributed by atoms with Gasteiger partial charge in [0.05, 0.1) is 17.8 Å². The van der Waals surface area contributed by atoms with Gasteiger partial charge in [0, 0.05) is 25.4 Å². The number of hydrogen-bond acceptors (Lipinski definition) is 5. The average molecular weight is 311 g/mol. The third-order valence-electron chi connectivity index (χ3n) is 3.75. The highest BCUT2D eigenvalue weighted by Crippen LogP contribution is 2.22. The van der Waals surface area contributed by atoms with E-state index >= 15 is 0 Å². The van der Waals surface area contributed by atoms with Crippen LogP contribution in [0.4, 0.5) is 0 Å². The molecule has 0 unspecified atom stereocenters. The van der Waals surface area contributed by atoms with Gasteiger partial charge in [-0.05, 0) is 36.9 Å². The molecule has 1 aromatic carbocycles. The van der Waals surface area contributed by atoms with Gasteiger partial charge in [0.1, 0.15) is 6.29 Å². The molecule has 6 nitrogen and oxygen atoms in total. The highest BCUT2D eigenvalue weighted by molar-refractivity contribution is 5.79. The van der Waals surface area contributed by atoms with Crippen molar-refractivity contribution >= 4 is 17.4 Å². The summed E-state index contributed by atoms with van der Waals surface area (Å²) in [5.74, 6) is -0.376. The second-order valence-electron chi connectivity index (χ2n) is 5.52. The van der Waals surface area contributed by atoms with Crippen molar-refractivity contribution in [1.82, 2.24) is 14.5 Å². The van der Waals surface area contributed by atoms with Crippen LogP contribution in [0.2, 0.25) is 0 Å². The molecule has 2 aromatic heterocycles. The molecule has 0 saturated carbocycles. The van der Waals surface area contributed by atoms with Gasteiger partial charge in [-0.15, -0.1) is 0 Å². The van der Waals surface area contributed by atoms with E-state index in [1.54, 1.807) is 19.3 Å². The fourth-order valence-corrected chi connectivity index (χ4v) is 2.48. The molecule has 0 radical (unpaired) electrons. The minimum Gasteiger partial charge on any atom is -0.408 e. The Labute approximate surface area is 133 Å². The number of hydrogen-bond donors (Lipinski definition) is 0. The molecular formula is C17H17N3O3. The number of oxazole rings is 1. The Balaban J connectivity index is 1.88. The molecule has 0 N–H and O–H groups in total. The Morgan fingerprint density at radius 1 is 1.30 bits per heavy atom. The molecule has 0 atom stereocenters. The summed E-state index contributed by atoms with van der Waals surface area (Å²) in [4.78, 5) is 28.4. The van der Waals surface area contributed by atoms with Gasteiger partial charge in [-0.2, -0.15) is 0 Å². The second-order valence-corrected chi connectivity index (χ2v) is 5.52. The van der Waals surface area contributed by atoms with E-state index in [2.05, 4.69) is 4.98 Å². The number of fused-ring (bicyclic) bond motifs is 1. The van der Waals surface area contributed by atoms with E-state index in [0.29, 0.717) is 18.7 Å². The smallest absolute Gasteiger partial charge is 0.408 e. The van der Waals surface area contributed by atoms with Crippen molar-refractivity contribution in [2.75, 3.05) is 13.6 Å². The number of nitrogens with zero attached hydrogens (tertiary/aromatic N) is 3. The predicted octanol–water partition coefficient (Wildman–Crippen LogP) is 1.82. The number of carbonyl (C=O) groups is 1. The number of pyridine rings is 1. The zero-order chi connectivity index (χ0) is 16.4. The molecular weight excluding hydrogens is 294 g/mol. The summed E-state index contributed by atoms with van der Waals surface area (Å²) < 4.78 is 6.60. The molecule has 23 heavy (non-hydrogen) atoms. The minimum absolute atomic E-state index is 0.376. The Kier molecular flexibility index (Phi) is 4.08. The predicted molar refractivity (Wildman–Crippen MR) is 87.1 cm³/mol. The summed E-state index contributed by atoms with van der Waals surface area (Å²) in [6.45, 7) is 1.06. The lowest BCUT2D eigenvalue weighted by Gasteiger charge is -2.12. The van der Waals surface area contributed by atoms with Gasteiger partial charge in [0.15, 0.2) is 5.58 Å². The maximum Gasteiger partial charge on any atom is 0.419 e. The van der Waals surface area contributed by atoms with Crippen LogP contribution in [0.5, 0.6) is 0 Å². The summed E-state index contributed by atoms with van der Waals surface area (Å²) in [6, 6.07) is 9.47. The van der Waals surface area contributed by atoms with Gasteiger partial charge >= 0.3 is 5.76 Å². The molecule has 0 aliphatic rings. The van der Waals surface area contributed by atoms with Gasteiger partial charge in [0.25, 0.3) is 0 Å². The molecule has 0 saturated heterocycles. The number of likely N-dealkylation sites (N-methyl/N-ethyl adjacent to an activating group) is 1. The molecule has 0 bridgehead atoms. The third kappa shape index (κ3) is 3.07. The summed E-state index contributed by atoms with van der Waals surface area (Å²) >= 11 is 0. The van der Waals surface area contributed by atoms with E-state index in [9.17, 15) is 9.59 Å². The quantitative estimate of drug-likeness (QED) is 0.672. The van der Waals surface area contributed by atoms with Crippen molar-refractivity contribution < 1.29 is 9.21 Å². The highest BCUT2D eigenvalue weighted by Gasteiger charge is 2.08. The van der Waals surface area contributed by atoms with Crippen LogP contribution < -0.4 is 5.76 Å². The van der Waals surface area contributed by atoms with Crippen LogP contribution in [0.25, 0.3) is 22.4 Å². The standard InChI is InChI=1S/C17H17N3O3/c1-19(7-8-21)11-12-3-5-14(18-10-12)13-4-6-16-15(9-13)20(2)17(22)23-16/h3-6,8-10H,7,11H2,1-2H3. The lowest BCUT2D eigenvalue weighted by atomic mass is 10.1. The third-order valence-corrected chi connectivity index (χ3v) is 3.75. The first-order chi connectivity index (χ1) is 11.1. The number of carbonyl (C=O) groups excluding carboxylic acids is 1. The molecule has 6 heteroatoms. The van der Waals surface area contributed by atoms with E-state index in [0.717, 1.165) is 28.6 Å². The van der Waals surface area contributed by atoms with Gasteiger partial charge in [-0.25, -0.2) is 4.79 Å². The summed E-state index contributed by atoms with van der Waals surface area (Å²) in [5, 5.41) is 0. The summed E-state index contributed by atoms with van der Waals surface area (Å²) in [5.41, 5.74) is 4.08. The van der Waals surface area contributed by atoms with Crippen LogP contribution in [0, 0.1) is 0 Å². The SMILES string of the molecule is CN(CC=O)Cc1ccc(-c2ccc3oc(=O)n(C)c3c2)nc1. The summed E-state index contributed by atoms with van der Waals surface area (Å²) in [7, 11) is 3.56. The molecule has 0 fully saturated rings. The molecule has 2 heterocycles. The van der Waals surface area contributed by atoms with Crippen LogP contribution in [0.1, 0.15) is 5.56 Å². The number of aryl methyl sites for hydroxylation is 1. The number of aromatic nitrogens is 2. The molecule has 0 aliphatic carbocycles. The van der Waals surface area contributed by atoms with E-state index in [1.165, 1.54) is 4.57 Å². The first-order valence-electron chi connectivity index (χ1n) is 7.25. The van der Waals surface area contributed by atoms with Crippen molar-refractivity contribution in [3.05, 3.63) is 52.6 Å². The highest BCUT2D eigenvalue weighted by atomic mass is 16.4. The minimum atomic E-state index is -0.376. The molecule has 0 aliphatic heterocycles. The number of rotatable bonds is 5. The van der Waals surface area contributed by atoms with Gasteiger partial charge in [0.2, 0.25) is 0 Å². The topological polar surface area (TPSA) is 68.3 Å². The van der Waals surface area contributed by atoms with Crippen LogP contribution in [0.15, 0.2) is 45.7 Å². The maximum atomic E-state index is 11.5. The van der Waals surface area contributed by atoms with Gasteiger partial charge in [-0.3, -0.25) is 14.5 Å². The Morgan fingerprint density at radius 3 is 2.83 bits per heavy atom. The Morgan fingerprint density at radius 2 is 2.13 bits per heavy atom. The average Bonchev–Trinajstić information content (AvgIpc) is 2.83. The second kappa shape index (κ2) is 6.18. The molecule has 3 rings (SSSR count).